The van der Waals surface area contributed by atoms with Crippen molar-refractivity contribution in [3.8, 4) is 22.9 Å². The molecule has 6 nitrogen and oxygen atoms in total. The van der Waals surface area contributed by atoms with Gasteiger partial charge < -0.3 is 15.2 Å². The normalized spacial score (nSPS) is 27.3. The van der Waals surface area contributed by atoms with E-state index in [0.717, 1.165) is 16.7 Å². The summed E-state index contributed by atoms with van der Waals surface area (Å²) in [6.45, 7) is 0. The van der Waals surface area contributed by atoms with Crippen LogP contribution in [0.4, 0.5) is 13.2 Å². The zero-order valence-electron chi connectivity index (χ0n) is 18.1. The predicted molar refractivity (Wildman–Crippen MR) is 125 cm³/mol. The van der Waals surface area contributed by atoms with Crippen molar-refractivity contribution in [3.63, 3.8) is 0 Å². The lowest BCUT2D eigenvalue weighted by Crippen LogP contribution is -2.52. The van der Waals surface area contributed by atoms with Crippen molar-refractivity contribution in [1.82, 2.24) is 0 Å². The first-order valence-corrected chi connectivity index (χ1v) is 12.2. The maximum Gasteiger partial charge on any atom is 0.490 e. The smallest absolute Gasteiger partial charge is 0.490 e. The van der Waals surface area contributed by atoms with Crippen LogP contribution in [-0.4, -0.2) is 35.3 Å². The van der Waals surface area contributed by atoms with Crippen molar-refractivity contribution in [1.29, 1.82) is 5.26 Å². The van der Waals surface area contributed by atoms with Crippen LogP contribution < -0.4 is 10.5 Å². The first-order valence-electron chi connectivity index (χ1n) is 10.9. The van der Waals surface area contributed by atoms with Gasteiger partial charge in [-0.3, -0.25) is 0 Å². The molecule has 3 aliphatic rings. The number of carbonyl (C=O) groups excluding carboxylic acids is 1. The minimum Gasteiger partial charge on any atom is -0.490 e. The van der Waals surface area contributed by atoms with E-state index < -0.39 is 29.9 Å². The molecular weight excluding hydrogens is 503 g/mol. The van der Waals surface area contributed by atoms with E-state index in [-0.39, 0.29) is 18.8 Å². The van der Waals surface area contributed by atoms with E-state index in [1.807, 2.05) is 12.1 Å². The molecule has 4 atom stereocenters. The Morgan fingerprint density at radius 1 is 1.26 bits per heavy atom. The summed E-state index contributed by atoms with van der Waals surface area (Å²) in [6.07, 6.45) is -5.56. The molecule has 0 radical (unpaired) electrons. The molecule has 0 amide bonds. The number of hydrogen-bond donors (Lipinski definition) is 1. The molecule has 182 valence electrons. The Morgan fingerprint density at radius 3 is 2.74 bits per heavy atom. The van der Waals surface area contributed by atoms with Crippen LogP contribution in [-0.2, 0) is 15.1 Å². The van der Waals surface area contributed by atoms with Gasteiger partial charge in [0, 0.05) is 28.7 Å². The van der Waals surface area contributed by atoms with Gasteiger partial charge in [-0.1, -0.05) is 29.4 Å². The molecule has 0 aromatic heterocycles. The first-order chi connectivity index (χ1) is 16.6. The number of amidine groups is 1. The number of nitriles is 1. The molecule has 2 N–H and O–H groups in total. The van der Waals surface area contributed by atoms with Gasteiger partial charge in [-0.05, 0) is 54.3 Å². The minimum absolute atomic E-state index is 0.134. The van der Waals surface area contributed by atoms with Crippen LogP contribution in [0.3, 0.4) is 0 Å². The van der Waals surface area contributed by atoms with Crippen molar-refractivity contribution in [2.45, 2.75) is 43.2 Å². The average molecular weight is 522 g/mol. The number of ether oxygens (including phenoxy) is 2. The van der Waals surface area contributed by atoms with Gasteiger partial charge in [0.05, 0.1) is 11.6 Å². The fourth-order valence-corrected chi connectivity index (χ4v) is 6.47. The molecule has 5 rings (SSSR count). The maximum atomic E-state index is 12.7. The summed E-state index contributed by atoms with van der Waals surface area (Å²) >= 11 is 7.63. The number of hydrogen-bond acceptors (Lipinski definition) is 7. The molecular formula is C24H19ClF3N3O3S. The standard InChI is InChI=1S/C24H19ClF3N3O3S/c25-15-6-12(10-29)5-14(7-15)13-1-4-19-18(8-13)23(11-35-22(30)31-23)17-3-2-16(9-20(17)34-19)33-21(32)24(26,27)28/h1,4-8,16-17,20H,2-3,9,11H2,(H2,30,31)/t16-,17-,20-,23?/m0/s1. The number of nitrogens with zero attached hydrogens (tertiary/aromatic N) is 2. The van der Waals surface area contributed by atoms with Gasteiger partial charge in [-0.15, -0.1) is 0 Å². The topological polar surface area (TPSA) is 97.7 Å². The Hall–Kier alpha value is -2.90. The number of alkyl halides is 3. The number of halogens is 4. The van der Waals surface area contributed by atoms with E-state index in [9.17, 15) is 23.2 Å². The monoisotopic (exact) mass is 521 g/mol. The van der Waals surface area contributed by atoms with Crippen LogP contribution in [0.2, 0.25) is 5.02 Å². The molecule has 0 saturated heterocycles. The van der Waals surface area contributed by atoms with E-state index in [1.165, 1.54) is 11.8 Å². The molecule has 1 aliphatic carbocycles. The van der Waals surface area contributed by atoms with Crippen LogP contribution in [0.15, 0.2) is 41.4 Å². The summed E-state index contributed by atoms with van der Waals surface area (Å²) < 4.78 is 49.1. The van der Waals surface area contributed by atoms with Crippen LogP contribution >= 0.6 is 23.4 Å². The maximum absolute atomic E-state index is 12.7. The summed E-state index contributed by atoms with van der Waals surface area (Å²) in [5, 5.41) is 10.2. The number of esters is 1. The Bertz CT molecular complexity index is 1280. The SMILES string of the molecule is N#Cc1cc(Cl)cc(-c2ccc3c(c2)C2(CSC(N)=N2)[C@H]2CC[C@H](OC(=O)C(F)(F)F)C[C@@H]2O3)c1. The summed E-state index contributed by atoms with van der Waals surface area (Å²) in [5.74, 6) is -1.23. The van der Waals surface area contributed by atoms with Crippen molar-refractivity contribution < 1.29 is 27.4 Å². The second kappa shape index (κ2) is 8.64. The number of nitrogens with two attached hydrogens (primary N) is 1. The van der Waals surface area contributed by atoms with E-state index in [1.54, 1.807) is 24.3 Å². The highest BCUT2D eigenvalue weighted by Crippen LogP contribution is 2.55. The fourth-order valence-electron chi connectivity index (χ4n) is 5.20. The molecule has 1 fully saturated rings. The van der Waals surface area contributed by atoms with Crippen LogP contribution in [0.25, 0.3) is 11.1 Å². The molecule has 35 heavy (non-hydrogen) atoms. The number of thioether (sulfide) groups is 1. The molecule has 1 spiro atoms. The van der Waals surface area contributed by atoms with Gasteiger partial charge in [-0.2, -0.15) is 18.4 Å². The van der Waals surface area contributed by atoms with Gasteiger partial charge in [-0.25, -0.2) is 9.79 Å². The molecule has 2 aromatic rings. The van der Waals surface area contributed by atoms with Crippen LogP contribution in [0, 0.1) is 17.2 Å². The first kappa shape index (κ1) is 23.8. The zero-order chi connectivity index (χ0) is 25.0. The Balaban J connectivity index is 1.51. The lowest BCUT2D eigenvalue weighted by molar-refractivity contribution is -0.208. The van der Waals surface area contributed by atoms with Gasteiger partial charge in [0.15, 0.2) is 5.17 Å². The third kappa shape index (κ3) is 4.32. The van der Waals surface area contributed by atoms with Gasteiger partial charge in [0.25, 0.3) is 0 Å². The summed E-state index contributed by atoms with van der Waals surface area (Å²) in [4.78, 5) is 16.2. The number of fused-ring (bicyclic) bond motifs is 4. The highest BCUT2D eigenvalue weighted by molar-refractivity contribution is 8.14. The number of carbonyl (C=O) groups is 1. The van der Waals surface area contributed by atoms with Crippen molar-refractivity contribution in [2.24, 2.45) is 16.6 Å². The van der Waals surface area contributed by atoms with Crippen LogP contribution in [0.5, 0.6) is 5.75 Å². The van der Waals surface area contributed by atoms with E-state index in [4.69, 9.17) is 31.8 Å². The molecule has 0 bridgehead atoms. The highest BCUT2D eigenvalue weighted by Gasteiger charge is 2.55. The Labute approximate surface area is 208 Å². The molecule has 2 heterocycles. The van der Waals surface area contributed by atoms with E-state index in [2.05, 4.69) is 6.07 Å². The van der Waals surface area contributed by atoms with Crippen molar-refractivity contribution in [2.75, 3.05) is 5.75 Å². The molecule has 1 unspecified atom stereocenters. The number of aliphatic imine (C=N–C) groups is 1. The molecule has 2 aromatic carbocycles. The predicted octanol–water partition coefficient (Wildman–Crippen LogP) is 5.17. The average Bonchev–Trinajstić information content (AvgIpc) is 3.20. The lowest BCUT2D eigenvalue weighted by atomic mass is 9.68. The van der Waals surface area contributed by atoms with Crippen LogP contribution in [0.1, 0.15) is 30.4 Å². The van der Waals surface area contributed by atoms with E-state index in [0.29, 0.717) is 33.7 Å². The Kier molecular flexibility index (Phi) is 5.88. The van der Waals surface area contributed by atoms with Gasteiger partial charge >= 0.3 is 12.1 Å². The number of benzene rings is 2. The third-order valence-corrected chi connectivity index (χ3v) is 7.89. The number of rotatable bonds is 2. The van der Waals surface area contributed by atoms with Crippen molar-refractivity contribution >= 4 is 34.5 Å². The minimum atomic E-state index is -5.04. The second-order valence-corrected chi connectivity index (χ2v) is 10.2. The largest absolute Gasteiger partial charge is 0.490 e. The molecule has 1 saturated carbocycles. The summed E-state index contributed by atoms with van der Waals surface area (Å²) in [7, 11) is 0. The molecule has 2 aliphatic heterocycles. The lowest BCUT2D eigenvalue weighted by Gasteiger charge is -2.48. The quantitative estimate of drug-likeness (QED) is 0.547. The van der Waals surface area contributed by atoms with Crippen molar-refractivity contribution in [3.05, 3.63) is 52.5 Å². The highest BCUT2D eigenvalue weighted by atomic mass is 35.5. The third-order valence-electron chi connectivity index (χ3n) is 6.70. The fraction of sp³-hybridized carbons (Fsp3) is 0.375. The summed E-state index contributed by atoms with van der Waals surface area (Å²) in [6, 6.07) is 12.8. The molecule has 11 heteroatoms. The summed E-state index contributed by atoms with van der Waals surface area (Å²) in [5.41, 5.74) is 8.21. The van der Waals surface area contributed by atoms with Gasteiger partial charge in [0.1, 0.15) is 23.5 Å². The van der Waals surface area contributed by atoms with Gasteiger partial charge in [0.2, 0.25) is 0 Å². The zero-order valence-corrected chi connectivity index (χ0v) is 19.7. The Morgan fingerprint density at radius 2 is 2.06 bits per heavy atom. The van der Waals surface area contributed by atoms with E-state index >= 15 is 0 Å². The second-order valence-electron chi connectivity index (χ2n) is 8.82.